The third kappa shape index (κ3) is 5.28. The molecule has 4 rings (SSSR count). The zero-order chi connectivity index (χ0) is 24.9. The van der Waals surface area contributed by atoms with E-state index < -0.39 is 30.1 Å². The lowest BCUT2D eigenvalue weighted by molar-refractivity contribution is -0.154. The first-order valence-corrected chi connectivity index (χ1v) is 12.4. The molecule has 3 N–H and O–H groups in total. The van der Waals surface area contributed by atoms with Crippen molar-refractivity contribution in [2.24, 2.45) is 0 Å². The zero-order valence-corrected chi connectivity index (χ0v) is 20.1. The third-order valence-corrected chi connectivity index (χ3v) is 7.21. The number of nitrogens with zero attached hydrogens (tertiary/aromatic N) is 2. The fourth-order valence-electron chi connectivity index (χ4n) is 4.46. The predicted molar refractivity (Wildman–Crippen MR) is 133 cm³/mol. The second-order valence-electron chi connectivity index (χ2n) is 8.62. The van der Waals surface area contributed by atoms with E-state index in [1.165, 1.54) is 11.3 Å². The fourth-order valence-corrected chi connectivity index (χ4v) is 5.16. The Morgan fingerprint density at radius 2 is 1.80 bits per heavy atom. The van der Waals surface area contributed by atoms with Crippen LogP contribution in [0.4, 0.5) is 0 Å². The molecule has 2 amide bonds. The van der Waals surface area contributed by atoms with Crippen molar-refractivity contribution < 1.29 is 19.8 Å². The number of likely N-dealkylation sites (tertiary alicyclic amines) is 1. The molecule has 1 saturated heterocycles. The maximum Gasteiger partial charge on any atom is 0.255 e. The maximum absolute atomic E-state index is 12.9. The van der Waals surface area contributed by atoms with Gasteiger partial charge in [-0.1, -0.05) is 54.6 Å². The number of carbonyl (C=O) groups is 2. The van der Waals surface area contributed by atoms with Crippen LogP contribution in [0.3, 0.4) is 0 Å². The monoisotopic (exact) mass is 489 g/mol. The average Bonchev–Trinajstić information content (AvgIpc) is 3.58. The van der Waals surface area contributed by atoms with Gasteiger partial charge in [-0.15, -0.1) is 11.3 Å². The van der Waals surface area contributed by atoms with Crippen LogP contribution in [0.5, 0.6) is 0 Å². The average molecular weight is 490 g/mol. The van der Waals surface area contributed by atoms with Gasteiger partial charge >= 0.3 is 0 Å². The number of thiophene rings is 1. The van der Waals surface area contributed by atoms with Crippen molar-refractivity contribution in [1.29, 1.82) is 5.26 Å². The third-order valence-electron chi connectivity index (χ3n) is 6.39. The lowest BCUT2D eigenvalue weighted by Crippen LogP contribution is -2.50. The smallest absolute Gasteiger partial charge is 0.255 e. The molecule has 180 valence electrons. The summed E-state index contributed by atoms with van der Waals surface area (Å²) in [6, 6.07) is 20.4. The van der Waals surface area contributed by atoms with Gasteiger partial charge in [0.2, 0.25) is 0 Å². The molecular weight excluding hydrogens is 462 g/mol. The van der Waals surface area contributed by atoms with Crippen LogP contribution in [0.2, 0.25) is 0 Å². The van der Waals surface area contributed by atoms with Crippen LogP contribution in [0.25, 0.3) is 11.1 Å². The van der Waals surface area contributed by atoms with Crippen LogP contribution in [-0.4, -0.2) is 45.7 Å². The number of rotatable bonds is 7. The lowest BCUT2D eigenvalue weighted by atomic mass is 10.0. The maximum atomic E-state index is 12.9. The first-order valence-electron chi connectivity index (χ1n) is 11.5. The van der Waals surface area contributed by atoms with Crippen molar-refractivity contribution in [3.05, 3.63) is 82.0 Å². The molecule has 1 aromatic heterocycles. The molecule has 0 spiro atoms. The van der Waals surface area contributed by atoms with Gasteiger partial charge in [-0.25, -0.2) is 0 Å². The first kappa shape index (κ1) is 24.6. The predicted octanol–water partition coefficient (Wildman–Crippen LogP) is 3.55. The summed E-state index contributed by atoms with van der Waals surface area (Å²) in [5.74, 6) is -1.47. The van der Waals surface area contributed by atoms with Gasteiger partial charge in [0.05, 0.1) is 12.1 Å². The van der Waals surface area contributed by atoms with Crippen LogP contribution in [0, 0.1) is 11.3 Å². The Bertz CT molecular complexity index is 1220. The number of hydrogen-bond donors (Lipinski definition) is 3. The first-order chi connectivity index (χ1) is 16.9. The minimum atomic E-state index is -1.88. The fraction of sp³-hybridized carbons (Fsp3) is 0.296. The van der Waals surface area contributed by atoms with Gasteiger partial charge in [0.1, 0.15) is 10.9 Å². The van der Waals surface area contributed by atoms with Crippen LogP contribution in [0.15, 0.2) is 66.0 Å². The highest BCUT2D eigenvalue weighted by Crippen LogP contribution is 2.32. The Labute approximate surface area is 208 Å². The molecule has 0 saturated carbocycles. The van der Waals surface area contributed by atoms with Crippen molar-refractivity contribution in [2.75, 3.05) is 6.54 Å². The highest BCUT2D eigenvalue weighted by atomic mass is 32.1. The van der Waals surface area contributed by atoms with Crippen molar-refractivity contribution in [3.63, 3.8) is 0 Å². The van der Waals surface area contributed by atoms with Crippen molar-refractivity contribution in [2.45, 2.75) is 44.1 Å². The molecule has 0 bridgehead atoms. The van der Waals surface area contributed by atoms with Crippen molar-refractivity contribution in [3.8, 4) is 17.2 Å². The standard InChI is InChI=1S/C27H27N3O4S/c1-17(18-9-11-19(12-10-18)21-13-15-35-23(21)16-28)29-26(33)24(31)25(32)27(34)30-14-5-8-22(30)20-6-3-2-4-7-20/h2-4,6-7,9-13,15,17,22,24-25,31-32H,5,8,14H2,1H3,(H,29,33)/t17-,22-,24-,25-/m1/s1. The lowest BCUT2D eigenvalue weighted by Gasteiger charge is -2.29. The molecule has 3 aromatic rings. The molecule has 1 fully saturated rings. The van der Waals surface area contributed by atoms with E-state index in [0.717, 1.165) is 35.1 Å². The zero-order valence-electron chi connectivity index (χ0n) is 19.3. The van der Waals surface area contributed by atoms with Gasteiger partial charge in [0.15, 0.2) is 12.2 Å². The van der Waals surface area contributed by atoms with E-state index >= 15 is 0 Å². The molecule has 1 aliphatic rings. The molecule has 2 aromatic carbocycles. The summed E-state index contributed by atoms with van der Waals surface area (Å²) in [6.45, 7) is 2.22. The highest BCUT2D eigenvalue weighted by Gasteiger charge is 2.38. The quantitative estimate of drug-likeness (QED) is 0.470. The summed E-state index contributed by atoms with van der Waals surface area (Å²) >= 11 is 1.38. The van der Waals surface area contributed by atoms with Crippen molar-refractivity contribution >= 4 is 23.2 Å². The van der Waals surface area contributed by atoms with E-state index in [1.54, 1.807) is 11.8 Å². The number of aliphatic hydroxyl groups excluding tert-OH is 2. The topological polar surface area (TPSA) is 114 Å². The minimum absolute atomic E-state index is 0.184. The number of hydrogen-bond acceptors (Lipinski definition) is 6. The minimum Gasteiger partial charge on any atom is -0.380 e. The Balaban J connectivity index is 1.38. The Kier molecular flexibility index (Phi) is 7.61. The Hall–Kier alpha value is -3.51. The largest absolute Gasteiger partial charge is 0.380 e. The van der Waals surface area contributed by atoms with Crippen molar-refractivity contribution in [1.82, 2.24) is 10.2 Å². The van der Waals surface area contributed by atoms with Gasteiger partial charge in [-0.3, -0.25) is 9.59 Å². The number of nitriles is 1. The molecule has 0 aliphatic carbocycles. The van der Waals surface area contributed by atoms with E-state index in [2.05, 4.69) is 11.4 Å². The van der Waals surface area contributed by atoms with Gasteiger partial charge in [-0.2, -0.15) is 5.26 Å². The van der Waals surface area contributed by atoms with E-state index in [1.807, 2.05) is 66.0 Å². The molecule has 0 unspecified atom stereocenters. The van der Waals surface area contributed by atoms with E-state index in [0.29, 0.717) is 11.4 Å². The van der Waals surface area contributed by atoms with Gasteiger partial charge in [0.25, 0.3) is 11.8 Å². The summed E-state index contributed by atoms with van der Waals surface area (Å²) in [4.78, 5) is 27.8. The number of benzene rings is 2. The van der Waals surface area contributed by atoms with Crippen LogP contribution in [-0.2, 0) is 9.59 Å². The summed E-state index contributed by atoms with van der Waals surface area (Å²) in [7, 11) is 0. The highest BCUT2D eigenvalue weighted by molar-refractivity contribution is 7.11. The van der Waals surface area contributed by atoms with Crippen LogP contribution in [0.1, 0.15) is 47.9 Å². The van der Waals surface area contributed by atoms with E-state index in [9.17, 15) is 25.1 Å². The van der Waals surface area contributed by atoms with Gasteiger partial charge < -0.3 is 20.4 Å². The van der Waals surface area contributed by atoms with Gasteiger partial charge in [-0.05, 0) is 47.9 Å². The van der Waals surface area contributed by atoms with E-state index in [4.69, 9.17) is 0 Å². The second-order valence-corrected chi connectivity index (χ2v) is 9.53. The molecule has 0 radical (unpaired) electrons. The van der Waals surface area contributed by atoms with Gasteiger partial charge in [0, 0.05) is 12.1 Å². The van der Waals surface area contributed by atoms with Crippen LogP contribution >= 0.6 is 11.3 Å². The normalized spacial score (nSPS) is 17.9. The summed E-state index contributed by atoms with van der Waals surface area (Å²) in [5.41, 5.74) is 3.50. The Morgan fingerprint density at radius 3 is 2.49 bits per heavy atom. The number of nitrogens with one attached hydrogen (secondary N) is 1. The van der Waals surface area contributed by atoms with E-state index in [-0.39, 0.29) is 6.04 Å². The summed E-state index contributed by atoms with van der Waals surface area (Å²) < 4.78 is 0. The molecule has 2 heterocycles. The Morgan fingerprint density at radius 1 is 1.09 bits per heavy atom. The summed E-state index contributed by atoms with van der Waals surface area (Å²) in [5, 5.41) is 34.8. The molecular formula is C27H27N3O4S. The number of amides is 2. The second kappa shape index (κ2) is 10.8. The number of aliphatic hydroxyl groups is 2. The molecule has 35 heavy (non-hydrogen) atoms. The summed E-state index contributed by atoms with van der Waals surface area (Å²) in [6.07, 6.45) is -2.18. The van der Waals surface area contributed by atoms with Crippen LogP contribution < -0.4 is 5.32 Å². The molecule has 4 atom stereocenters. The SMILES string of the molecule is C[C@@H](NC(=O)[C@H](O)[C@@H](O)C(=O)N1CCC[C@@H]1c1ccccc1)c1ccc(-c2ccsc2C#N)cc1. The molecule has 8 heteroatoms. The molecule has 1 aliphatic heterocycles. The molecule has 7 nitrogen and oxygen atoms in total. The number of carbonyl (C=O) groups excluding carboxylic acids is 2.